The van der Waals surface area contributed by atoms with Gasteiger partial charge in [-0.3, -0.25) is 4.79 Å². The molecular weight excluding hydrogens is 437 g/mol. The van der Waals surface area contributed by atoms with Crippen LogP contribution in [0.2, 0.25) is 0 Å². The van der Waals surface area contributed by atoms with Crippen molar-refractivity contribution in [1.29, 1.82) is 0 Å². The Morgan fingerprint density at radius 1 is 1.19 bits per heavy atom. The fourth-order valence-corrected chi connectivity index (χ4v) is 5.63. The van der Waals surface area contributed by atoms with Crippen LogP contribution in [0, 0.1) is 17.7 Å². The van der Waals surface area contributed by atoms with E-state index in [9.17, 15) is 17.6 Å². The van der Waals surface area contributed by atoms with Crippen molar-refractivity contribution in [3.8, 4) is 0 Å². The standard InChI is InChI=1S/C18H25BrFN3O3S/c1-13-6-9-22(10-7-13)27(25,26)23-8-2-3-14(12-23)18(24)21-17-5-4-15(19)11-16(17)20/h4-5,11,13-14H,2-3,6-10,12H2,1H3,(H,21,24). The summed E-state index contributed by atoms with van der Waals surface area (Å²) in [6.07, 6.45) is 2.93. The molecule has 9 heteroatoms. The Morgan fingerprint density at radius 2 is 1.89 bits per heavy atom. The second kappa shape index (κ2) is 8.55. The number of benzene rings is 1. The minimum Gasteiger partial charge on any atom is -0.323 e. The first-order chi connectivity index (χ1) is 12.8. The summed E-state index contributed by atoms with van der Waals surface area (Å²) in [6.45, 7) is 3.75. The molecule has 0 spiro atoms. The number of carbonyl (C=O) groups is 1. The Balaban J connectivity index is 1.65. The number of nitrogens with zero attached hydrogens (tertiary/aromatic N) is 2. The minimum atomic E-state index is -3.56. The van der Waals surface area contributed by atoms with Crippen LogP contribution in [0.5, 0.6) is 0 Å². The lowest BCUT2D eigenvalue weighted by Gasteiger charge is -2.37. The van der Waals surface area contributed by atoms with Crippen LogP contribution in [-0.4, -0.2) is 49.1 Å². The van der Waals surface area contributed by atoms with Crippen molar-refractivity contribution in [2.45, 2.75) is 32.6 Å². The molecule has 2 aliphatic rings. The SMILES string of the molecule is CC1CCN(S(=O)(=O)N2CCCC(C(=O)Nc3ccc(Br)cc3F)C2)CC1. The van der Waals surface area contributed by atoms with Gasteiger partial charge in [-0.1, -0.05) is 22.9 Å². The van der Waals surface area contributed by atoms with E-state index in [1.165, 1.54) is 20.7 Å². The number of rotatable bonds is 4. The predicted octanol–water partition coefficient (Wildman–Crippen LogP) is 3.22. The topological polar surface area (TPSA) is 69.7 Å². The second-order valence-corrected chi connectivity index (χ2v) is 10.2. The molecule has 150 valence electrons. The summed E-state index contributed by atoms with van der Waals surface area (Å²) in [6, 6.07) is 4.42. The smallest absolute Gasteiger partial charge is 0.281 e. The fraction of sp³-hybridized carbons (Fsp3) is 0.611. The second-order valence-electron chi connectivity index (χ2n) is 7.40. The molecule has 0 bridgehead atoms. The van der Waals surface area contributed by atoms with Crippen LogP contribution in [0.15, 0.2) is 22.7 Å². The highest BCUT2D eigenvalue weighted by atomic mass is 79.9. The predicted molar refractivity (Wildman–Crippen MR) is 106 cm³/mol. The summed E-state index contributed by atoms with van der Waals surface area (Å²) in [5, 5.41) is 2.59. The van der Waals surface area contributed by atoms with E-state index in [1.54, 1.807) is 6.07 Å². The molecule has 0 saturated carbocycles. The molecule has 1 aromatic rings. The summed E-state index contributed by atoms with van der Waals surface area (Å²) < 4.78 is 43.3. The van der Waals surface area contributed by atoms with Gasteiger partial charge >= 0.3 is 0 Å². The van der Waals surface area contributed by atoms with E-state index in [0.29, 0.717) is 42.9 Å². The van der Waals surface area contributed by atoms with Crippen molar-refractivity contribution in [3.63, 3.8) is 0 Å². The molecule has 1 unspecified atom stereocenters. The van der Waals surface area contributed by atoms with Gasteiger partial charge in [0.2, 0.25) is 5.91 Å². The first-order valence-corrected chi connectivity index (χ1v) is 11.5. The summed E-state index contributed by atoms with van der Waals surface area (Å²) in [5.74, 6) is -0.818. The van der Waals surface area contributed by atoms with Crippen LogP contribution in [-0.2, 0) is 15.0 Å². The third-order valence-electron chi connectivity index (χ3n) is 5.34. The highest BCUT2D eigenvalue weighted by Crippen LogP contribution is 2.26. The minimum absolute atomic E-state index is 0.105. The van der Waals surface area contributed by atoms with E-state index in [4.69, 9.17) is 0 Å². The summed E-state index contributed by atoms with van der Waals surface area (Å²) in [5.41, 5.74) is 0.105. The molecule has 2 heterocycles. The number of piperidine rings is 2. The van der Waals surface area contributed by atoms with Crippen molar-refractivity contribution in [2.75, 3.05) is 31.5 Å². The van der Waals surface area contributed by atoms with Crippen molar-refractivity contribution in [3.05, 3.63) is 28.5 Å². The Kier molecular flexibility index (Phi) is 6.55. The van der Waals surface area contributed by atoms with Gasteiger partial charge in [0.1, 0.15) is 5.82 Å². The Bertz CT molecular complexity index is 797. The van der Waals surface area contributed by atoms with E-state index in [2.05, 4.69) is 28.2 Å². The number of halogens is 2. The zero-order valence-corrected chi connectivity index (χ0v) is 17.7. The zero-order chi connectivity index (χ0) is 19.6. The van der Waals surface area contributed by atoms with Gasteiger partial charge in [0.15, 0.2) is 0 Å². The van der Waals surface area contributed by atoms with Crippen LogP contribution >= 0.6 is 15.9 Å². The van der Waals surface area contributed by atoms with Crippen molar-refractivity contribution in [2.24, 2.45) is 11.8 Å². The third-order valence-corrected chi connectivity index (χ3v) is 7.83. The zero-order valence-electron chi connectivity index (χ0n) is 15.3. The van der Waals surface area contributed by atoms with Gasteiger partial charge < -0.3 is 5.32 Å². The van der Waals surface area contributed by atoms with Crippen LogP contribution in [0.25, 0.3) is 0 Å². The first kappa shape index (κ1) is 20.7. The Labute approximate surface area is 168 Å². The average molecular weight is 462 g/mol. The van der Waals surface area contributed by atoms with E-state index < -0.39 is 21.9 Å². The van der Waals surface area contributed by atoms with Gasteiger partial charge in [-0.2, -0.15) is 17.0 Å². The summed E-state index contributed by atoms with van der Waals surface area (Å²) in [7, 11) is -3.56. The van der Waals surface area contributed by atoms with Gasteiger partial charge in [0.05, 0.1) is 11.6 Å². The van der Waals surface area contributed by atoms with Gasteiger partial charge in [-0.05, 0) is 49.8 Å². The quantitative estimate of drug-likeness (QED) is 0.747. The molecule has 0 aliphatic carbocycles. The van der Waals surface area contributed by atoms with E-state index in [-0.39, 0.29) is 18.1 Å². The molecule has 2 aliphatic heterocycles. The molecule has 27 heavy (non-hydrogen) atoms. The normalized spacial score (nSPS) is 23.3. The number of nitrogens with one attached hydrogen (secondary N) is 1. The van der Waals surface area contributed by atoms with Gasteiger partial charge in [-0.15, -0.1) is 0 Å². The van der Waals surface area contributed by atoms with Crippen LogP contribution < -0.4 is 5.32 Å². The maximum Gasteiger partial charge on any atom is 0.281 e. The Hall–Kier alpha value is -1.03. The number of hydrogen-bond donors (Lipinski definition) is 1. The molecule has 6 nitrogen and oxygen atoms in total. The van der Waals surface area contributed by atoms with Crippen LogP contribution in [0.3, 0.4) is 0 Å². The van der Waals surface area contributed by atoms with E-state index >= 15 is 0 Å². The largest absolute Gasteiger partial charge is 0.323 e. The van der Waals surface area contributed by atoms with Crippen LogP contribution in [0.1, 0.15) is 32.6 Å². The molecule has 0 aromatic heterocycles. The number of hydrogen-bond acceptors (Lipinski definition) is 3. The fourth-order valence-electron chi connectivity index (χ4n) is 3.57. The van der Waals surface area contributed by atoms with Crippen molar-refractivity contribution in [1.82, 2.24) is 8.61 Å². The third kappa shape index (κ3) is 4.88. The molecule has 2 fully saturated rings. The Morgan fingerprint density at radius 3 is 2.56 bits per heavy atom. The molecular formula is C18H25BrFN3O3S. The van der Waals surface area contributed by atoms with Gasteiger partial charge in [0.25, 0.3) is 10.2 Å². The van der Waals surface area contributed by atoms with Crippen molar-refractivity contribution >= 4 is 37.7 Å². The van der Waals surface area contributed by atoms with Gasteiger partial charge in [0, 0.05) is 30.7 Å². The molecule has 1 aromatic carbocycles. The van der Waals surface area contributed by atoms with Crippen LogP contribution in [0.4, 0.5) is 10.1 Å². The molecule has 1 amide bonds. The molecule has 3 rings (SSSR count). The number of anilines is 1. The molecule has 1 N–H and O–H groups in total. The maximum absolute atomic E-state index is 14.0. The number of carbonyl (C=O) groups excluding carboxylic acids is 1. The highest BCUT2D eigenvalue weighted by Gasteiger charge is 2.37. The molecule has 0 radical (unpaired) electrons. The lowest BCUT2D eigenvalue weighted by molar-refractivity contribution is -0.120. The lowest BCUT2D eigenvalue weighted by Crippen LogP contribution is -2.51. The number of amides is 1. The highest BCUT2D eigenvalue weighted by molar-refractivity contribution is 9.10. The van der Waals surface area contributed by atoms with E-state index in [1.807, 2.05) is 0 Å². The average Bonchev–Trinajstić information content (AvgIpc) is 2.64. The molecule has 1 atom stereocenters. The van der Waals surface area contributed by atoms with E-state index in [0.717, 1.165) is 12.8 Å². The van der Waals surface area contributed by atoms with Gasteiger partial charge in [-0.25, -0.2) is 4.39 Å². The summed E-state index contributed by atoms with van der Waals surface area (Å²) in [4.78, 5) is 12.6. The lowest BCUT2D eigenvalue weighted by atomic mass is 9.98. The maximum atomic E-state index is 14.0. The summed E-state index contributed by atoms with van der Waals surface area (Å²) >= 11 is 3.18. The van der Waals surface area contributed by atoms with Crippen molar-refractivity contribution < 1.29 is 17.6 Å². The molecule has 2 saturated heterocycles. The first-order valence-electron chi connectivity index (χ1n) is 9.28. The monoisotopic (exact) mass is 461 g/mol.